The zero-order chi connectivity index (χ0) is 9.97. The minimum atomic E-state index is 0.674. The minimum Gasteiger partial charge on any atom is -0.348 e. The Morgan fingerprint density at radius 3 is 2.79 bits per heavy atom. The van der Waals surface area contributed by atoms with Gasteiger partial charge >= 0.3 is 0 Å². The maximum atomic E-state index is 10.4. The SMILES string of the molecule is CN(C=O)C[C@@H]1C[C@H]1c1ccccc1. The maximum Gasteiger partial charge on any atom is 0.209 e. The molecule has 0 saturated heterocycles. The lowest BCUT2D eigenvalue weighted by molar-refractivity contribution is -0.117. The second-order valence-corrected chi connectivity index (χ2v) is 4.06. The Morgan fingerprint density at radius 1 is 1.43 bits per heavy atom. The molecular formula is C12H15NO. The molecular weight excluding hydrogens is 174 g/mol. The van der Waals surface area contributed by atoms with Crippen molar-refractivity contribution < 1.29 is 4.79 Å². The van der Waals surface area contributed by atoms with E-state index in [1.54, 1.807) is 4.90 Å². The van der Waals surface area contributed by atoms with E-state index >= 15 is 0 Å². The lowest BCUT2D eigenvalue weighted by Crippen LogP contribution is -2.18. The van der Waals surface area contributed by atoms with E-state index in [9.17, 15) is 4.79 Å². The number of carbonyl (C=O) groups excluding carboxylic acids is 1. The topological polar surface area (TPSA) is 20.3 Å². The smallest absolute Gasteiger partial charge is 0.209 e. The van der Waals surface area contributed by atoms with Gasteiger partial charge in [-0.3, -0.25) is 4.79 Å². The van der Waals surface area contributed by atoms with Gasteiger partial charge in [0.2, 0.25) is 6.41 Å². The van der Waals surface area contributed by atoms with Crippen molar-refractivity contribution in [1.82, 2.24) is 4.90 Å². The number of hydrogen-bond donors (Lipinski definition) is 0. The van der Waals surface area contributed by atoms with Gasteiger partial charge in [0.15, 0.2) is 0 Å². The zero-order valence-corrected chi connectivity index (χ0v) is 8.39. The van der Waals surface area contributed by atoms with E-state index in [0.29, 0.717) is 11.8 Å². The summed E-state index contributed by atoms with van der Waals surface area (Å²) in [7, 11) is 1.84. The van der Waals surface area contributed by atoms with E-state index < -0.39 is 0 Å². The van der Waals surface area contributed by atoms with Gasteiger partial charge in [0.05, 0.1) is 0 Å². The first-order valence-electron chi connectivity index (χ1n) is 5.01. The first-order valence-corrected chi connectivity index (χ1v) is 5.01. The monoisotopic (exact) mass is 189 g/mol. The average molecular weight is 189 g/mol. The van der Waals surface area contributed by atoms with Crippen LogP contribution in [0.3, 0.4) is 0 Å². The van der Waals surface area contributed by atoms with Crippen molar-refractivity contribution in [1.29, 1.82) is 0 Å². The van der Waals surface area contributed by atoms with Crippen molar-refractivity contribution in [3.8, 4) is 0 Å². The molecule has 74 valence electrons. The van der Waals surface area contributed by atoms with Crippen molar-refractivity contribution >= 4 is 6.41 Å². The number of carbonyl (C=O) groups is 1. The van der Waals surface area contributed by atoms with Crippen molar-refractivity contribution in [2.24, 2.45) is 5.92 Å². The molecule has 1 aromatic rings. The van der Waals surface area contributed by atoms with Gasteiger partial charge in [-0.2, -0.15) is 0 Å². The van der Waals surface area contributed by atoms with Gasteiger partial charge in [-0.1, -0.05) is 30.3 Å². The summed E-state index contributed by atoms with van der Waals surface area (Å²) in [5, 5.41) is 0. The second kappa shape index (κ2) is 3.82. The summed E-state index contributed by atoms with van der Waals surface area (Å²) < 4.78 is 0. The first kappa shape index (κ1) is 9.25. The highest BCUT2D eigenvalue weighted by atomic mass is 16.1. The Hall–Kier alpha value is -1.31. The lowest BCUT2D eigenvalue weighted by atomic mass is 10.1. The highest BCUT2D eigenvalue weighted by molar-refractivity contribution is 5.46. The number of benzene rings is 1. The summed E-state index contributed by atoms with van der Waals surface area (Å²) in [6, 6.07) is 10.5. The highest BCUT2D eigenvalue weighted by Gasteiger charge is 2.38. The van der Waals surface area contributed by atoms with Crippen LogP contribution in [0.2, 0.25) is 0 Å². The molecule has 0 heterocycles. The largest absolute Gasteiger partial charge is 0.348 e. The quantitative estimate of drug-likeness (QED) is 0.662. The van der Waals surface area contributed by atoms with E-state index in [-0.39, 0.29) is 0 Å². The van der Waals surface area contributed by atoms with Crippen molar-refractivity contribution in [2.45, 2.75) is 12.3 Å². The fourth-order valence-electron chi connectivity index (χ4n) is 1.97. The number of nitrogens with zero attached hydrogens (tertiary/aromatic N) is 1. The number of amides is 1. The molecule has 1 amide bonds. The van der Waals surface area contributed by atoms with Gasteiger partial charge in [-0.15, -0.1) is 0 Å². The summed E-state index contributed by atoms with van der Waals surface area (Å²) >= 11 is 0. The standard InChI is InChI=1S/C12H15NO/c1-13(9-14)8-11-7-12(11)10-5-3-2-4-6-10/h2-6,9,11-12H,7-8H2,1H3/t11-,12-/m0/s1. The lowest BCUT2D eigenvalue weighted by Gasteiger charge is -2.09. The van der Waals surface area contributed by atoms with Crippen LogP contribution in [-0.2, 0) is 4.79 Å². The molecule has 0 bridgehead atoms. The third-order valence-corrected chi connectivity index (χ3v) is 2.85. The third-order valence-electron chi connectivity index (χ3n) is 2.85. The molecule has 0 N–H and O–H groups in total. The summed E-state index contributed by atoms with van der Waals surface area (Å²) in [6.07, 6.45) is 2.13. The van der Waals surface area contributed by atoms with Gasteiger partial charge in [0.25, 0.3) is 0 Å². The fourth-order valence-corrected chi connectivity index (χ4v) is 1.97. The second-order valence-electron chi connectivity index (χ2n) is 4.06. The Kier molecular flexibility index (Phi) is 2.53. The molecule has 2 rings (SSSR count). The van der Waals surface area contributed by atoms with Crippen molar-refractivity contribution in [3.63, 3.8) is 0 Å². The Labute approximate surface area is 84.5 Å². The third kappa shape index (κ3) is 1.95. The minimum absolute atomic E-state index is 0.674. The van der Waals surface area contributed by atoms with E-state index in [1.807, 2.05) is 13.1 Å². The molecule has 2 atom stereocenters. The molecule has 0 aliphatic heterocycles. The van der Waals surface area contributed by atoms with Crippen LogP contribution in [0.5, 0.6) is 0 Å². The van der Waals surface area contributed by atoms with Gasteiger partial charge < -0.3 is 4.90 Å². The van der Waals surface area contributed by atoms with Crippen LogP contribution >= 0.6 is 0 Å². The van der Waals surface area contributed by atoms with Crippen LogP contribution in [0.25, 0.3) is 0 Å². The van der Waals surface area contributed by atoms with Crippen LogP contribution in [-0.4, -0.2) is 24.9 Å². The summed E-state index contributed by atoms with van der Waals surface area (Å²) in [4.78, 5) is 12.2. The van der Waals surface area contributed by atoms with E-state index in [2.05, 4.69) is 24.3 Å². The van der Waals surface area contributed by atoms with Gasteiger partial charge in [-0.25, -0.2) is 0 Å². The summed E-state index contributed by atoms with van der Waals surface area (Å²) in [6.45, 7) is 0.892. The van der Waals surface area contributed by atoms with Crippen LogP contribution in [0, 0.1) is 5.92 Å². The molecule has 0 spiro atoms. The van der Waals surface area contributed by atoms with E-state index in [0.717, 1.165) is 13.0 Å². The predicted molar refractivity (Wildman–Crippen MR) is 56.0 cm³/mol. The molecule has 0 unspecified atom stereocenters. The molecule has 0 aromatic heterocycles. The van der Waals surface area contributed by atoms with E-state index in [4.69, 9.17) is 0 Å². The Balaban J connectivity index is 1.90. The number of rotatable bonds is 4. The van der Waals surface area contributed by atoms with Gasteiger partial charge in [0, 0.05) is 13.6 Å². The molecule has 1 aromatic carbocycles. The molecule has 1 saturated carbocycles. The molecule has 1 fully saturated rings. The average Bonchev–Trinajstić information content (AvgIpc) is 2.98. The van der Waals surface area contributed by atoms with Crippen LogP contribution in [0.4, 0.5) is 0 Å². The molecule has 1 aliphatic carbocycles. The zero-order valence-electron chi connectivity index (χ0n) is 8.39. The predicted octanol–water partition coefficient (Wildman–Crippen LogP) is 1.88. The van der Waals surface area contributed by atoms with Crippen LogP contribution in [0.15, 0.2) is 30.3 Å². The summed E-state index contributed by atoms with van der Waals surface area (Å²) in [5.74, 6) is 1.35. The molecule has 1 aliphatic rings. The normalized spacial score (nSPS) is 24.4. The Bertz CT molecular complexity index is 309. The fraction of sp³-hybridized carbons (Fsp3) is 0.417. The van der Waals surface area contributed by atoms with Gasteiger partial charge in [0.1, 0.15) is 0 Å². The number of hydrogen-bond acceptors (Lipinski definition) is 1. The molecule has 14 heavy (non-hydrogen) atoms. The molecule has 2 heteroatoms. The Morgan fingerprint density at radius 2 is 2.14 bits per heavy atom. The first-order chi connectivity index (χ1) is 6.81. The van der Waals surface area contributed by atoms with Crippen LogP contribution < -0.4 is 0 Å². The molecule has 2 nitrogen and oxygen atoms in total. The van der Waals surface area contributed by atoms with Crippen molar-refractivity contribution in [3.05, 3.63) is 35.9 Å². The van der Waals surface area contributed by atoms with Crippen LogP contribution in [0.1, 0.15) is 17.9 Å². The molecule has 0 radical (unpaired) electrons. The van der Waals surface area contributed by atoms with Gasteiger partial charge in [-0.05, 0) is 23.8 Å². The highest BCUT2D eigenvalue weighted by Crippen LogP contribution is 2.47. The van der Waals surface area contributed by atoms with Crippen molar-refractivity contribution in [2.75, 3.05) is 13.6 Å². The van der Waals surface area contributed by atoms with E-state index in [1.165, 1.54) is 12.0 Å². The summed E-state index contributed by atoms with van der Waals surface area (Å²) in [5.41, 5.74) is 1.41. The maximum absolute atomic E-state index is 10.4.